The highest BCUT2D eigenvalue weighted by molar-refractivity contribution is 6.33. The molecule has 0 fully saturated rings. The quantitative estimate of drug-likeness (QED) is 0.380. The molecule has 1 aromatic carbocycles. The maximum atomic E-state index is 6.55. The molecule has 0 spiro atoms. The van der Waals surface area contributed by atoms with Crippen molar-refractivity contribution < 1.29 is 0 Å². The minimum atomic E-state index is 0.600. The van der Waals surface area contributed by atoms with Crippen molar-refractivity contribution in [3.8, 4) is 22.6 Å². The van der Waals surface area contributed by atoms with E-state index in [2.05, 4.69) is 38.8 Å². The summed E-state index contributed by atoms with van der Waals surface area (Å²) < 4.78 is 2.23. The summed E-state index contributed by atoms with van der Waals surface area (Å²) in [5, 5.41) is 0.600. The fraction of sp³-hybridized carbons (Fsp3) is 0.227. The SMILES string of the molecule is CCCn1c(-c2cnc(-c3ccc(C)nc3)c(Cl)c2)nc2ccccc21.CNN. The Morgan fingerprint density at radius 1 is 1.07 bits per heavy atom. The van der Waals surface area contributed by atoms with Crippen LogP contribution in [0.25, 0.3) is 33.7 Å². The summed E-state index contributed by atoms with van der Waals surface area (Å²) in [4.78, 5) is 13.7. The van der Waals surface area contributed by atoms with E-state index < -0.39 is 0 Å². The average molecular weight is 409 g/mol. The van der Waals surface area contributed by atoms with Crippen LogP contribution in [0.1, 0.15) is 19.0 Å². The standard InChI is InChI=1S/C21H19ClN4.CH6N2/c1-3-10-26-19-7-5-4-6-18(19)25-21(26)16-11-17(22)20(24-13-16)15-9-8-14(2)23-12-15;1-3-2/h4-9,11-13H,3,10H2,1-2H3;3H,2H2,1H3. The van der Waals surface area contributed by atoms with E-state index in [1.165, 1.54) is 0 Å². The number of aryl methyl sites for hydroxylation is 2. The molecule has 3 N–H and O–H groups in total. The van der Waals surface area contributed by atoms with Crippen LogP contribution in [0.4, 0.5) is 0 Å². The highest BCUT2D eigenvalue weighted by Crippen LogP contribution is 2.31. The van der Waals surface area contributed by atoms with Crippen LogP contribution in [-0.4, -0.2) is 26.6 Å². The van der Waals surface area contributed by atoms with Gasteiger partial charge in [0.2, 0.25) is 0 Å². The number of fused-ring (bicyclic) bond motifs is 1. The van der Waals surface area contributed by atoms with E-state index in [-0.39, 0.29) is 0 Å². The predicted molar refractivity (Wildman–Crippen MR) is 119 cm³/mol. The summed E-state index contributed by atoms with van der Waals surface area (Å²) in [5.74, 6) is 5.50. The summed E-state index contributed by atoms with van der Waals surface area (Å²) in [5.41, 5.74) is 7.90. The lowest BCUT2D eigenvalue weighted by atomic mass is 10.1. The third-order valence-corrected chi connectivity index (χ3v) is 4.67. The van der Waals surface area contributed by atoms with Crippen molar-refractivity contribution in [2.75, 3.05) is 7.05 Å². The van der Waals surface area contributed by atoms with E-state index in [4.69, 9.17) is 16.6 Å². The Hall–Kier alpha value is -2.80. The van der Waals surface area contributed by atoms with Gasteiger partial charge in [-0.1, -0.05) is 30.7 Å². The number of hydrogen-bond donors (Lipinski definition) is 2. The van der Waals surface area contributed by atoms with Crippen molar-refractivity contribution in [2.45, 2.75) is 26.8 Å². The molecule has 0 aliphatic heterocycles. The largest absolute Gasteiger partial charge is 0.324 e. The van der Waals surface area contributed by atoms with Crippen molar-refractivity contribution in [1.29, 1.82) is 0 Å². The van der Waals surface area contributed by atoms with Gasteiger partial charge in [-0.3, -0.25) is 21.2 Å². The Morgan fingerprint density at radius 2 is 1.79 bits per heavy atom. The van der Waals surface area contributed by atoms with Gasteiger partial charge in [-0.2, -0.15) is 0 Å². The number of nitrogens with one attached hydrogen (secondary N) is 1. The van der Waals surface area contributed by atoms with Crippen LogP contribution in [0.5, 0.6) is 0 Å². The molecule has 29 heavy (non-hydrogen) atoms. The van der Waals surface area contributed by atoms with E-state index >= 15 is 0 Å². The third kappa shape index (κ3) is 4.62. The first kappa shape index (κ1) is 20.9. The molecule has 0 bridgehead atoms. The van der Waals surface area contributed by atoms with Gasteiger partial charge in [-0.05, 0) is 50.7 Å². The predicted octanol–water partition coefficient (Wildman–Crippen LogP) is 4.61. The second-order valence-corrected chi connectivity index (χ2v) is 7.01. The van der Waals surface area contributed by atoms with Gasteiger partial charge in [0, 0.05) is 35.8 Å². The number of benzene rings is 1. The zero-order valence-electron chi connectivity index (χ0n) is 16.9. The van der Waals surface area contributed by atoms with Gasteiger partial charge < -0.3 is 4.57 Å². The molecule has 0 aliphatic carbocycles. The van der Waals surface area contributed by atoms with E-state index in [0.717, 1.165) is 52.3 Å². The molecule has 6 nitrogen and oxygen atoms in total. The van der Waals surface area contributed by atoms with Crippen molar-refractivity contribution in [3.63, 3.8) is 0 Å². The Balaban J connectivity index is 0.000000755. The van der Waals surface area contributed by atoms with Gasteiger partial charge in [0.1, 0.15) is 5.82 Å². The van der Waals surface area contributed by atoms with Crippen molar-refractivity contribution >= 4 is 22.6 Å². The maximum absolute atomic E-state index is 6.55. The Labute approximate surface area is 175 Å². The van der Waals surface area contributed by atoms with Crippen LogP contribution >= 0.6 is 11.6 Å². The maximum Gasteiger partial charge on any atom is 0.142 e. The second-order valence-electron chi connectivity index (χ2n) is 6.61. The molecule has 0 unspecified atom stereocenters. The number of para-hydroxylation sites is 2. The monoisotopic (exact) mass is 408 g/mol. The van der Waals surface area contributed by atoms with E-state index in [1.54, 1.807) is 13.2 Å². The molecule has 7 heteroatoms. The van der Waals surface area contributed by atoms with Crippen LogP contribution in [0.2, 0.25) is 5.02 Å². The number of rotatable bonds is 4. The second kappa shape index (κ2) is 9.60. The van der Waals surface area contributed by atoms with Gasteiger partial charge in [0.15, 0.2) is 0 Å². The van der Waals surface area contributed by atoms with Crippen LogP contribution in [0.3, 0.4) is 0 Å². The van der Waals surface area contributed by atoms with E-state index in [9.17, 15) is 0 Å². The molecule has 3 aromatic heterocycles. The number of imidazole rings is 1. The van der Waals surface area contributed by atoms with Crippen LogP contribution in [-0.2, 0) is 6.54 Å². The number of hydrazine groups is 1. The van der Waals surface area contributed by atoms with Gasteiger partial charge in [-0.25, -0.2) is 4.98 Å². The molecular weight excluding hydrogens is 384 g/mol. The van der Waals surface area contributed by atoms with Crippen molar-refractivity contribution in [3.05, 3.63) is 65.6 Å². The smallest absolute Gasteiger partial charge is 0.142 e. The summed E-state index contributed by atoms with van der Waals surface area (Å²) in [7, 11) is 1.65. The lowest BCUT2D eigenvalue weighted by Crippen LogP contribution is -2.13. The normalized spacial score (nSPS) is 10.7. The van der Waals surface area contributed by atoms with Gasteiger partial charge in [0.05, 0.1) is 21.7 Å². The minimum absolute atomic E-state index is 0.600. The molecule has 0 radical (unpaired) electrons. The lowest BCUT2D eigenvalue weighted by Gasteiger charge is -2.09. The fourth-order valence-corrected chi connectivity index (χ4v) is 3.40. The molecule has 3 heterocycles. The Kier molecular flexibility index (Phi) is 6.93. The average Bonchev–Trinajstić information content (AvgIpc) is 3.08. The topological polar surface area (TPSA) is 81.7 Å². The molecule has 0 saturated carbocycles. The zero-order chi connectivity index (χ0) is 20.8. The van der Waals surface area contributed by atoms with Crippen molar-refractivity contribution in [2.24, 2.45) is 5.84 Å². The molecule has 0 atom stereocenters. The first-order valence-corrected chi connectivity index (χ1v) is 9.88. The highest BCUT2D eigenvalue weighted by Gasteiger charge is 2.14. The van der Waals surface area contributed by atoms with Crippen LogP contribution in [0.15, 0.2) is 54.9 Å². The van der Waals surface area contributed by atoms with E-state index in [0.29, 0.717) is 5.02 Å². The number of pyridine rings is 2. The molecule has 4 aromatic rings. The summed E-state index contributed by atoms with van der Waals surface area (Å²) in [6, 6.07) is 14.1. The zero-order valence-corrected chi connectivity index (χ0v) is 17.6. The lowest BCUT2D eigenvalue weighted by molar-refractivity contribution is 0.704. The minimum Gasteiger partial charge on any atom is -0.324 e. The first-order valence-electron chi connectivity index (χ1n) is 9.50. The Bertz CT molecular complexity index is 1090. The number of hydrogen-bond acceptors (Lipinski definition) is 5. The molecule has 4 rings (SSSR count). The number of aromatic nitrogens is 4. The van der Waals surface area contributed by atoms with Crippen molar-refractivity contribution in [1.82, 2.24) is 24.9 Å². The number of nitrogens with two attached hydrogens (primary N) is 1. The number of nitrogens with zero attached hydrogens (tertiary/aromatic N) is 4. The molecule has 150 valence electrons. The summed E-state index contributed by atoms with van der Waals surface area (Å²) in [6.45, 7) is 5.02. The first-order chi connectivity index (χ1) is 14.1. The van der Waals surface area contributed by atoms with Gasteiger partial charge >= 0.3 is 0 Å². The van der Waals surface area contributed by atoms with E-state index in [1.807, 2.05) is 49.5 Å². The van der Waals surface area contributed by atoms with Gasteiger partial charge in [-0.15, -0.1) is 0 Å². The van der Waals surface area contributed by atoms with Gasteiger partial charge in [0.25, 0.3) is 0 Å². The fourth-order valence-electron chi connectivity index (χ4n) is 3.13. The number of halogens is 1. The molecule has 0 amide bonds. The molecular formula is C22H25ClN6. The third-order valence-electron chi connectivity index (χ3n) is 4.39. The molecule has 0 saturated heterocycles. The molecule has 0 aliphatic rings. The highest BCUT2D eigenvalue weighted by atomic mass is 35.5. The van der Waals surface area contributed by atoms with Crippen LogP contribution in [0, 0.1) is 6.92 Å². The summed E-state index contributed by atoms with van der Waals surface area (Å²) >= 11 is 6.55. The Morgan fingerprint density at radius 3 is 2.45 bits per heavy atom. The summed E-state index contributed by atoms with van der Waals surface area (Å²) in [6.07, 6.45) is 4.67. The van der Waals surface area contributed by atoms with Crippen LogP contribution < -0.4 is 11.3 Å².